The van der Waals surface area contributed by atoms with Gasteiger partial charge < -0.3 is 19.5 Å². The van der Waals surface area contributed by atoms with Crippen LogP contribution in [0.4, 0.5) is 5.69 Å². The predicted octanol–water partition coefficient (Wildman–Crippen LogP) is 1.02. The Balaban J connectivity index is 1.97. The molecule has 1 aliphatic rings. The fraction of sp³-hybridized carbons (Fsp3) is 0.250. The Morgan fingerprint density at radius 3 is 2.77 bits per heavy atom. The summed E-state index contributed by atoms with van der Waals surface area (Å²) in [4.78, 5) is 15.9. The van der Waals surface area contributed by atoms with Crippen LogP contribution in [0.1, 0.15) is 10.4 Å². The molecule has 1 aromatic carbocycles. The van der Waals surface area contributed by atoms with Crippen molar-refractivity contribution in [2.45, 2.75) is 4.90 Å². The van der Waals surface area contributed by atoms with E-state index in [2.05, 4.69) is 15.0 Å². The molecule has 10 heteroatoms. The molecule has 0 radical (unpaired) electrons. The Kier molecular flexibility index (Phi) is 4.85. The maximum atomic E-state index is 12.8. The van der Waals surface area contributed by atoms with Crippen LogP contribution in [0, 0.1) is 0 Å². The molecular weight excluding hydrogens is 362 g/mol. The maximum Gasteiger partial charge on any atom is 0.265 e. The lowest BCUT2D eigenvalue weighted by Gasteiger charge is -2.13. The highest BCUT2D eigenvalue weighted by molar-refractivity contribution is 7.92. The van der Waals surface area contributed by atoms with Crippen molar-refractivity contribution >= 4 is 21.6 Å². The summed E-state index contributed by atoms with van der Waals surface area (Å²) < 4.78 is 43.4. The highest BCUT2D eigenvalue weighted by Crippen LogP contribution is 2.30. The predicted molar refractivity (Wildman–Crippen MR) is 92.4 cm³/mol. The maximum absolute atomic E-state index is 12.8. The molecule has 0 aliphatic carbocycles. The number of hydrogen-bond acceptors (Lipinski definition) is 7. The topological polar surface area (TPSA) is 116 Å². The van der Waals surface area contributed by atoms with Crippen molar-refractivity contribution in [2.24, 2.45) is 0 Å². The molecule has 1 aromatic heterocycles. The van der Waals surface area contributed by atoms with Gasteiger partial charge in [-0.2, -0.15) is 0 Å². The fourth-order valence-corrected chi connectivity index (χ4v) is 3.62. The van der Waals surface area contributed by atoms with Crippen molar-refractivity contribution in [1.29, 1.82) is 0 Å². The number of anilines is 1. The van der Waals surface area contributed by atoms with Gasteiger partial charge in [-0.05, 0) is 18.2 Å². The number of methoxy groups -OCH3 is 2. The third-order valence-electron chi connectivity index (χ3n) is 3.63. The molecular formula is C16H17N3O6S. The van der Waals surface area contributed by atoms with Crippen LogP contribution in [-0.2, 0) is 10.0 Å². The van der Waals surface area contributed by atoms with E-state index in [0.717, 1.165) is 0 Å². The number of sulfonamides is 1. The third-order valence-corrected chi connectivity index (χ3v) is 5.04. The van der Waals surface area contributed by atoms with Crippen LogP contribution < -0.4 is 24.2 Å². The van der Waals surface area contributed by atoms with E-state index >= 15 is 0 Å². The largest absolute Gasteiger partial charge is 0.497 e. The number of amides is 1. The van der Waals surface area contributed by atoms with Crippen molar-refractivity contribution in [3.05, 3.63) is 36.0 Å². The van der Waals surface area contributed by atoms with Crippen LogP contribution in [0.25, 0.3) is 0 Å². The van der Waals surface area contributed by atoms with Crippen LogP contribution in [-0.4, -0.2) is 46.7 Å². The summed E-state index contributed by atoms with van der Waals surface area (Å²) in [5.74, 6) is 0.285. The summed E-state index contributed by atoms with van der Waals surface area (Å²) in [5.41, 5.74) is 0.273. The number of aromatic nitrogens is 1. The summed E-state index contributed by atoms with van der Waals surface area (Å²) in [6.45, 7) is 0.634. The van der Waals surface area contributed by atoms with E-state index in [-0.39, 0.29) is 40.3 Å². The number of hydrogen-bond donors (Lipinski definition) is 2. The van der Waals surface area contributed by atoms with Gasteiger partial charge in [0.05, 0.1) is 32.6 Å². The van der Waals surface area contributed by atoms with E-state index in [1.54, 1.807) is 6.07 Å². The quantitative estimate of drug-likeness (QED) is 0.797. The first-order valence-electron chi connectivity index (χ1n) is 7.60. The molecule has 3 rings (SSSR count). The van der Waals surface area contributed by atoms with Gasteiger partial charge in [-0.25, -0.2) is 13.4 Å². The molecule has 138 valence electrons. The summed E-state index contributed by atoms with van der Waals surface area (Å²) in [7, 11) is -1.21. The van der Waals surface area contributed by atoms with E-state index in [4.69, 9.17) is 14.2 Å². The first kappa shape index (κ1) is 17.8. The molecule has 0 fully saturated rings. The van der Waals surface area contributed by atoms with E-state index in [1.165, 1.54) is 38.6 Å². The van der Waals surface area contributed by atoms with E-state index in [0.29, 0.717) is 12.3 Å². The standard InChI is InChI=1S/C16H17N3O6S/c1-23-11-3-4-13(24-2)14(8-11)26(21,22)19-10-7-12-15(20)17-5-6-25-16(12)18-9-10/h3-4,7-9,19H,5-6H2,1-2H3,(H,17,20). The number of ether oxygens (including phenoxy) is 3. The van der Waals surface area contributed by atoms with Gasteiger partial charge in [0.1, 0.15) is 28.6 Å². The van der Waals surface area contributed by atoms with Gasteiger partial charge in [-0.15, -0.1) is 0 Å². The van der Waals surface area contributed by atoms with E-state index in [9.17, 15) is 13.2 Å². The zero-order chi connectivity index (χ0) is 18.7. The molecule has 9 nitrogen and oxygen atoms in total. The highest BCUT2D eigenvalue weighted by atomic mass is 32.2. The average Bonchev–Trinajstić information content (AvgIpc) is 2.82. The van der Waals surface area contributed by atoms with Crippen LogP contribution in [0.5, 0.6) is 17.4 Å². The van der Waals surface area contributed by atoms with Gasteiger partial charge in [0.15, 0.2) is 0 Å². The van der Waals surface area contributed by atoms with Crippen LogP contribution in [0.3, 0.4) is 0 Å². The van der Waals surface area contributed by atoms with Crippen molar-refractivity contribution in [3.63, 3.8) is 0 Å². The number of nitrogens with zero attached hydrogens (tertiary/aromatic N) is 1. The number of carbonyl (C=O) groups excluding carboxylic acids is 1. The second kappa shape index (κ2) is 7.08. The second-order valence-electron chi connectivity index (χ2n) is 5.30. The molecule has 0 saturated carbocycles. The molecule has 1 amide bonds. The monoisotopic (exact) mass is 379 g/mol. The molecule has 0 bridgehead atoms. The summed E-state index contributed by atoms with van der Waals surface area (Å²) >= 11 is 0. The minimum Gasteiger partial charge on any atom is -0.497 e. The molecule has 2 aromatic rings. The van der Waals surface area contributed by atoms with Gasteiger partial charge in [-0.1, -0.05) is 0 Å². The Morgan fingerprint density at radius 1 is 1.23 bits per heavy atom. The summed E-state index contributed by atoms with van der Waals surface area (Å²) in [6, 6.07) is 5.79. The Labute approximate surface area is 150 Å². The first-order valence-corrected chi connectivity index (χ1v) is 9.09. The second-order valence-corrected chi connectivity index (χ2v) is 6.95. The molecule has 0 atom stereocenters. The SMILES string of the molecule is COc1ccc(OC)c(S(=O)(=O)Nc2cnc3c(c2)C(=O)NCCO3)c1. The number of nitrogens with one attached hydrogen (secondary N) is 2. The van der Waals surface area contributed by atoms with Crippen molar-refractivity contribution < 1.29 is 27.4 Å². The van der Waals surface area contributed by atoms with E-state index in [1.807, 2.05) is 0 Å². The van der Waals surface area contributed by atoms with Crippen LogP contribution >= 0.6 is 0 Å². The smallest absolute Gasteiger partial charge is 0.265 e. The van der Waals surface area contributed by atoms with Gasteiger partial charge >= 0.3 is 0 Å². The lowest BCUT2D eigenvalue weighted by Crippen LogP contribution is -2.24. The summed E-state index contributed by atoms with van der Waals surface area (Å²) in [6.07, 6.45) is 1.28. The minimum absolute atomic E-state index is 0.102. The van der Waals surface area contributed by atoms with Crippen LogP contribution in [0.15, 0.2) is 35.4 Å². The fourth-order valence-electron chi connectivity index (χ4n) is 2.40. The Bertz CT molecular complexity index is 945. The number of rotatable bonds is 5. The molecule has 2 heterocycles. The molecule has 1 aliphatic heterocycles. The normalized spacial score (nSPS) is 13.7. The average molecular weight is 379 g/mol. The molecule has 0 unspecified atom stereocenters. The van der Waals surface area contributed by atoms with Crippen molar-refractivity contribution in [1.82, 2.24) is 10.3 Å². The summed E-state index contributed by atoms with van der Waals surface area (Å²) in [5, 5.41) is 2.64. The molecule has 26 heavy (non-hydrogen) atoms. The Morgan fingerprint density at radius 2 is 2.04 bits per heavy atom. The lowest BCUT2D eigenvalue weighted by molar-refractivity contribution is 0.0957. The molecule has 2 N–H and O–H groups in total. The molecule has 0 spiro atoms. The van der Waals surface area contributed by atoms with Gasteiger partial charge in [0.2, 0.25) is 5.88 Å². The number of fused-ring (bicyclic) bond motifs is 1. The van der Waals surface area contributed by atoms with Crippen molar-refractivity contribution in [2.75, 3.05) is 32.1 Å². The highest BCUT2D eigenvalue weighted by Gasteiger charge is 2.23. The Hall–Kier alpha value is -3.01. The number of pyridine rings is 1. The van der Waals surface area contributed by atoms with Crippen LogP contribution in [0.2, 0.25) is 0 Å². The minimum atomic E-state index is -4.01. The zero-order valence-corrected chi connectivity index (χ0v) is 14.9. The number of benzene rings is 1. The zero-order valence-electron chi connectivity index (χ0n) is 14.1. The lowest BCUT2D eigenvalue weighted by atomic mass is 10.2. The van der Waals surface area contributed by atoms with Gasteiger partial charge in [0.25, 0.3) is 15.9 Å². The van der Waals surface area contributed by atoms with Crippen molar-refractivity contribution in [3.8, 4) is 17.4 Å². The molecule has 0 saturated heterocycles. The number of carbonyl (C=O) groups is 1. The van der Waals surface area contributed by atoms with Gasteiger partial charge in [0, 0.05) is 6.07 Å². The van der Waals surface area contributed by atoms with Gasteiger partial charge in [-0.3, -0.25) is 9.52 Å². The first-order chi connectivity index (χ1) is 12.4. The van der Waals surface area contributed by atoms with E-state index < -0.39 is 10.0 Å². The third kappa shape index (κ3) is 3.49.